The number of nitrogens with one attached hydrogen (secondary N) is 2. The average Bonchev–Trinajstić information content (AvgIpc) is 2.95. The van der Waals surface area contributed by atoms with Crippen molar-refractivity contribution in [2.45, 2.75) is 0 Å². The molecule has 0 saturated heterocycles. The smallest absolute Gasteiger partial charge is 0.214 e. The fraction of sp³-hybridized carbons (Fsp3) is 0.0588. The van der Waals surface area contributed by atoms with E-state index in [2.05, 4.69) is 15.6 Å². The van der Waals surface area contributed by atoms with E-state index in [1.807, 2.05) is 66.7 Å². The van der Waals surface area contributed by atoms with E-state index < -0.39 is 0 Å². The zero-order chi connectivity index (χ0) is 16.1. The van der Waals surface area contributed by atoms with Crippen LogP contribution in [0.1, 0.15) is 5.56 Å². The topological polar surface area (TPSA) is 45.6 Å². The van der Waals surface area contributed by atoms with Crippen LogP contribution in [0.4, 0.5) is 0 Å². The molecular formula is C17H15ClN4S. The van der Waals surface area contributed by atoms with E-state index in [4.69, 9.17) is 23.8 Å². The second kappa shape index (κ2) is 7.26. The molecule has 0 aliphatic heterocycles. The molecule has 0 aliphatic rings. The van der Waals surface area contributed by atoms with Gasteiger partial charge in [0.2, 0.25) is 4.77 Å². The maximum absolute atomic E-state index is 5.87. The lowest BCUT2D eigenvalue weighted by molar-refractivity contribution is 0.879. The minimum Gasteiger partial charge on any atom is -0.318 e. The van der Waals surface area contributed by atoms with Crippen LogP contribution in [0.15, 0.2) is 60.7 Å². The van der Waals surface area contributed by atoms with Crippen LogP contribution >= 0.6 is 23.8 Å². The molecule has 6 heteroatoms. The molecule has 0 bridgehead atoms. The maximum atomic E-state index is 5.87. The van der Waals surface area contributed by atoms with Crippen molar-refractivity contribution in [2.75, 3.05) is 12.0 Å². The molecule has 0 spiro atoms. The van der Waals surface area contributed by atoms with E-state index >= 15 is 0 Å². The van der Waals surface area contributed by atoms with Crippen LogP contribution in [0.25, 0.3) is 17.5 Å². The molecule has 116 valence electrons. The molecule has 0 aliphatic carbocycles. The van der Waals surface area contributed by atoms with Gasteiger partial charge in [-0.3, -0.25) is 0 Å². The number of hydrogen-bond donors (Lipinski definition) is 2. The average molecular weight is 343 g/mol. The van der Waals surface area contributed by atoms with Crippen molar-refractivity contribution < 1.29 is 0 Å². The Morgan fingerprint density at radius 2 is 1.87 bits per heavy atom. The highest BCUT2D eigenvalue weighted by Crippen LogP contribution is 2.15. The minimum atomic E-state index is 0.531. The van der Waals surface area contributed by atoms with Gasteiger partial charge in [0, 0.05) is 17.1 Å². The molecule has 3 aromatic rings. The predicted octanol–water partition coefficient (Wildman–Crippen LogP) is 4.52. The number of H-pyrrole nitrogens is 1. The van der Waals surface area contributed by atoms with Crippen molar-refractivity contribution in [3.63, 3.8) is 0 Å². The van der Waals surface area contributed by atoms with Crippen LogP contribution in [0.3, 0.4) is 0 Å². The van der Waals surface area contributed by atoms with Crippen LogP contribution in [-0.2, 0) is 0 Å². The molecule has 4 nitrogen and oxygen atoms in total. The zero-order valence-electron chi connectivity index (χ0n) is 12.2. The minimum absolute atomic E-state index is 0.531. The zero-order valence-corrected chi connectivity index (χ0v) is 13.8. The Morgan fingerprint density at radius 1 is 1.13 bits per heavy atom. The normalized spacial score (nSPS) is 11.0. The maximum Gasteiger partial charge on any atom is 0.214 e. The molecular weight excluding hydrogens is 328 g/mol. The molecule has 0 atom stereocenters. The summed E-state index contributed by atoms with van der Waals surface area (Å²) in [6.45, 7) is 0.621. The molecule has 0 amide bonds. The van der Waals surface area contributed by atoms with Crippen molar-refractivity contribution in [3.05, 3.63) is 76.0 Å². The first-order valence-electron chi connectivity index (χ1n) is 7.13. The summed E-state index contributed by atoms with van der Waals surface area (Å²) in [7, 11) is 0. The summed E-state index contributed by atoms with van der Waals surface area (Å²) in [5.74, 6) is 0.760. The number of aromatic amines is 1. The third kappa shape index (κ3) is 3.88. The first kappa shape index (κ1) is 15.5. The first-order valence-corrected chi connectivity index (χ1v) is 7.91. The highest BCUT2D eigenvalue weighted by Gasteiger charge is 2.06. The monoisotopic (exact) mass is 342 g/mol. The molecule has 0 unspecified atom stereocenters. The van der Waals surface area contributed by atoms with Crippen LogP contribution in [0.5, 0.6) is 0 Å². The van der Waals surface area contributed by atoms with Crippen LogP contribution in [0.2, 0.25) is 5.02 Å². The lowest BCUT2D eigenvalue weighted by Crippen LogP contribution is -2.16. The number of halogens is 1. The van der Waals surface area contributed by atoms with Crippen LogP contribution < -0.4 is 5.43 Å². The first-order chi connectivity index (χ1) is 11.2. The van der Waals surface area contributed by atoms with Gasteiger partial charge in [0.1, 0.15) is 0 Å². The van der Waals surface area contributed by atoms with Crippen molar-refractivity contribution >= 4 is 29.9 Å². The quantitative estimate of drug-likeness (QED) is 0.670. The Kier molecular flexibility index (Phi) is 4.90. The summed E-state index contributed by atoms with van der Waals surface area (Å²) in [6.07, 6.45) is 4.04. The fourth-order valence-electron chi connectivity index (χ4n) is 2.14. The number of hydrogen-bond acceptors (Lipinski definition) is 3. The number of aromatic nitrogens is 3. The van der Waals surface area contributed by atoms with E-state index in [-0.39, 0.29) is 0 Å². The van der Waals surface area contributed by atoms with E-state index in [1.54, 1.807) is 4.68 Å². The van der Waals surface area contributed by atoms with Crippen molar-refractivity contribution in [2.24, 2.45) is 0 Å². The van der Waals surface area contributed by atoms with Gasteiger partial charge >= 0.3 is 0 Å². The molecule has 0 fully saturated rings. The summed E-state index contributed by atoms with van der Waals surface area (Å²) in [6, 6.07) is 17.6. The molecule has 2 aromatic carbocycles. The van der Waals surface area contributed by atoms with E-state index in [9.17, 15) is 0 Å². The second-order valence-electron chi connectivity index (χ2n) is 4.87. The van der Waals surface area contributed by atoms with Crippen molar-refractivity contribution in [1.82, 2.24) is 14.9 Å². The van der Waals surface area contributed by atoms with Gasteiger partial charge in [-0.2, -0.15) is 5.10 Å². The van der Waals surface area contributed by atoms with Crippen molar-refractivity contribution in [3.8, 4) is 11.4 Å². The van der Waals surface area contributed by atoms with Gasteiger partial charge in [-0.05, 0) is 29.9 Å². The summed E-state index contributed by atoms with van der Waals surface area (Å²) in [5, 5.41) is 7.83. The lowest BCUT2D eigenvalue weighted by Gasteiger charge is -2.07. The Balaban J connectivity index is 1.70. The van der Waals surface area contributed by atoms with Crippen LogP contribution in [-0.4, -0.2) is 21.4 Å². The number of rotatable bonds is 5. The SMILES string of the molecule is S=c1[nH]nc(-c2ccccc2)n1NCC=Cc1ccc(Cl)cc1. The Bertz CT molecular complexity index is 850. The summed E-state index contributed by atoms with van der Waals surface area (Å²) in [4.78, 5) is 0. The molecule has 1 heterocycles. The highest BCUT2D eigenvalue weighted by atomic mass is 35.5. The summed E-state index contributed by atoms with van der Waals surface area (Å²) >= 11 is 11.1. The van der Waals surface area contributed by atoms with Crippen molar-refractivity contribution in [1.29, 1.82) is 0 Å². The van der Waals surface area contributed by atoms with Gasteiger partial charge in [0.05, 0.1) is 0 Å². The van der Waals surface area contributed by atoms with E-state index in [0.717, 1.165) is 22.0 Å². The molecule has 23 heavy (non-hydrogen) atoms. The standard InChI is InChI=1S/C17H15ClN4S/c18-15-10-8-13(9-11-15)5-4-12-19-22-16(20-21-17(22)23)14-6-2-1-3-7-14/h1-11,19H,12H2,(H,21,23). The number of nitrogens with zero attached hydrogens (tertiary/aromatic N) is 2. The molecule has 1 aromatic heterocycles. The Labute approximate surface area is 144 Å². The van der Waals surface area contributed by atoms with Crippen LogP contribution in [0, 0.1) is 4.77 Å². The molecule has 0 saturated carbocycles. The molecule has 0 radical (unpaired) electrons. The third-order valence-electron chi connectivity index (χ3n) is 3.25. The van der Waals surface area contributed by atoms with Gasteiger partial charge in [-0.1, -0.05) is 66.2 Å². The fourth-order valence-corrected chi connectivity index (χ4v) is 2.46. The van der Waals surface area contributed by atoms with E-state index in [1.165, 1.54) is 0 Å². The second-order valence-corrected chi connectivity index (χ2v) is 5.69. The highest BCUT2D eigenvalue weighted by molar-refractivity contribution is 7.71. The lowest BCUT2D eigenvalue weighted by atomic mass is 10.2. The molecule has 3 rings (SSSR count). The molecule has 2 N–H and O–H groups in total. The van der Waals surface area contributed by atoms with Gasteiger partial charge in [-0.15, -0.1) is 0 Å². The third-order valence-corrected chi connectivity index (χ3v) is 3.78. The summed E-state index contributed by atoms with van der Waals surface area (Å²) in [5.41, 5.74) is 5.33. The summed E-state index contributed by atoms with van der Waals surface area (Å²) < 4.78 is 2.31. The van der Waals surface area contributed by atoms with Gasteiger partial charge in [0.15, 0.2) is 5.82 Å². The van der Waals surface area contributed by atoms with Gasteiger partial charge < -0.3 is 5.43 Å². The Morgan fingerprint density at radius 3 is 2.61 bits per heavy atom. The van der Waals surface area contributed by atoms with E-state index in [0.29, 0.717) is 11.3 Å². The number of benzene rings is 2. The predicted molar refractivity (Wildman–Crippen MR) is 97.6 cm³/mol. The van der Waals surface area contributed by atoms with Gasteiger partial charge in [0.25, 0.3) is 0 Å². The Hall–Kier alpha value is -2.37. The van der Waals surface area contributed by atoms with Gasteiger partial charge in [-0.25, -0.2) is 9.77 Å². The largest absolute Gasteiger partial charge is 0.318 e.